The van der Waals surface area contributed by atoms with E-state index in [0.29, 0.717) is 5.41 Å². The Hall–Kier alpha value is -3.84. The number of anilines is 2. The zero-order valence-corrected chi connectivity index (χ0v) is 22.2. The van der Waals surface area contributed by atoms with Crippen LogP contribution < -0.4 is 5.32 Å². The third kappa shape index (κ3) is 3.08. The van der Waals surface area contributed by atoms with Gasteiger partial charge >= 0.3 is 0 Å². The van der Waals surface area contributed by atoms with Crippen LogP contribution in [0.1, 0.15) is 37.7 Å². The third-order valence-electron chi connectivity index (χ3n) is 11.3. The Kier molecular flexibility index (Phi) is 4.44. The summed E-state index contributed by atoms with van der Waals surface area (Å²) in [5, 5.41) is 6.22. The first-order chi connectivity index (χ1) is 19.2. The first-order valence-electron chi connectivity index (χ1n) is 14.8. The Bertz CT molecular complexity index is 1690. The molecule has 4 aliphatic carbocycles. The van der Waals surface area contributed by atoms with Crippen LogP contribution in [0.3, 0.4) is 0 Å². The van der Waals surface area contributed by atoms with E-state index in [1.807, 2.05) is 0 Å². The van der Waals surface area contributed by atoms with Gasteiger partial charge in [0.2, 0.25) is 0 Å². The predicted octanol–water partition coefficient (Wildman–Crippen LogP) is 10.00. The standard InChI is InChI=1S/C38H33N/c1-2-6-35-27(4-1)5-3-7-36(35)28-10-8-25(9-11-28)26-12-16-33(17-13-26)39-34-18-14-29(15-19-34)37-22-31-20-30-21-32(23-37)38(30,31)24-37/h1-19,30-32,39H,20-24H2/t30?,31-,32-,37?,38?/m0/s1. The minimum absolute atomic E-state index is 0.490. The molecule has 4 aliphatic rings. The summed E-state index contributed by atoms with van der Waals surface area (Å²) in [6, 6.07) is 42.4. The van der Waals surface area contributed by atoms with Gasteiger partial charge in [-0.3, -0.25) is 0 Å². The van der Waals surface area contributed by atoms with Gasteiger partial charge in [0.1, 0.15) is 0 Å². The number of nitrogens with one attached hydrogen (secondary N) is 1. The number of fused-ring (bicyclic) bond motifs is 2. The third-order valence-corrected chi connectivity index (χ3v) is 11.3. The molecule has 2 bridgehead atoms. The maximum atomic E-state index is 3.63. The molecule has 1 N–H and O–H groups in total. The van der Waals surface area contributed by atoms with Crippen molar-refractivity contribution in [1.82, 2.24) is 0 Å². The fraction of sp³-hybridized carbons (Fsp3) is 0.263. The Balaban J connectivity index is 0.909. The summed E-state index contributed by atoms with van der Waals surface area (Å²) in [7, 11) is 0. The van der Waals surface area contributed by atoms with E-state index < -0.39 is 0 Å². The molecule has 5 aromatic carbocycles. The van der Waals surface area contributed by atoms with Crippen molar-refractivity contribution in [3.63, 3.8) is 0 Å². The van der Waals surface area contributed by atoms with Gasteiger partial charge in [0.05, 0.1) is 0 Å². The van der Waals surface area contributed by atoms with Crippen LogP contribution in [-0.2, 0) is 5.41 Å². The van der Waals surface area contributed by atoms with Crippen molar-refractivity contribution in [2.24, 2.45) is 23.2 Å². The number of benzene rings is 5. The molecule has 1 nitrogen and oxygen atoms in total. The van der Waals surface area contributed by atoms with Crippen molar-refractivity contribution < 1.29 is 0 Å². The molecule has 4 saturated carbocycles. The van der Waals surface area contributed by atoms with Crippen LogP contribution in [0.5, 0.6) is 0 Å². The summed E-state index contributed by atoms with van der Waals surface area (Å²) in [6.45, 7) is 0. The van der Waals surface area contributed by atoms with Crippen molar-refractivity contribution in [3.05, 3.63) is 121 Å². The summed E-state index contributed by atoms with van der Waals surface area (Å²) in [4.78, 5) is 0. The lowest BCUT2D eigenvalue weighted by molar-refractivity contribution is -0.175. The molecule has 9 rings (SSSR count). The Morgan fingerprint density at radius 3 is 1.79 bits per heavy atom. The molecular formula is C38H33N. The van der Waals surface area contributed by atoms with Gasteiger partial charge in [-0.05, 0) is 124 Å². The van der Waals surface area contributed by atoms with Crippen LogP contribution in [0.15, 0.2) is 115 Å². The molecule has 1 spiro atoms. The first kappa shape index (κ1) is 22.0. The Morgan fingerprint density at radius 1 is 0.538 bits per heavy atom. The molecule has 2 atom stereocenters. The summed E-state index contributed by atoms with van der Waals surface area (Å²) in [6.07, 6.45) is 7.45. The molecule has 0 aliphatic heterocycles. The van der Waals surface area contributed by atoms with E-state index in [-0.39, 0.29) is 0 Å². The summed E-state index contributed by atoms with van der Waals surface area (Å²) >= 11 is 0. The first-order valence-corrected chi connectivity index (χ1v) is 14.8. The van der Waals surface area contributed by atoms with Crippen molar-refractivity contribution >= 4 is 22.1 Å². The maximum Gasteiger partial charge on any atom is 0.0384 e. The van der Waals surface area contributed by atoms with Crippen molar-refractivity contribution in [1.29, 1.82) is 0 Å². The van der Waals surface area contributed by atoms with Gasteiger partial charge in [0.25, 0.3) is 0 Å². The number of rotatable bonds is 5. The second kappa shape index (κ2) is 7.85. The van der Waals surface area contributed by atoms with Gasteiger partial charge in [-0.25, -0.2) is 0 Å². The van der Waals surface area contributed by atoms with Gasteiger partial charge in [-0.2, -0.15) is 0 Å². The van der Waals surface area contributed by atoms with Crippen LogP contribution in [0.25, 0.3) is 33.0 Å². The lowest BCUT2D eigenvalue weighted by Crippen LogP contribution is -2.59. The molecule has 190 valence electrons. The molecule has 5 aromatic rings. The van der Waals surface area contributed by atoms with E-state index in [9.17, 15) is 0 Å². The van der Waals surface area contributed by atoms with Gasteiger partial charge in [0.15, 0.2) is 0 Å². The fourth-order valence-corrected chi connectivity index (χ4v) is 9.55. The monoisotopic (exact) mass is 503 g/mol. The highest BCUT2D eigenvalue weighted by molar-refractivity contribution is 5.96. The molecule has 0 amide bonds. The van der Waals surface area contributed by atoms with Crippen LogP contribution >= 0.6 is 0 Å². The lowest BCUT2D eigenvalue weighted by Gasteiger charge is -2.66. The molecule has 0 radical (unpaired) electrons. The highest BCUT2D eigenvalue weighted by atomic mass is 14.9. The predicted molar refractivity (Wildman–Crippen MR) is 162 cm³/mol. The molecular weight excluding hydrogens is 470 g/mol. The quantitative estimate of drug-likeness (QED) is 0.252. The number of hydrogen-bond donors (Lipinski definition) is 1. The van der Waals surface area contributed by atoms with Crippen molar-refractivity contribution in [2.45, 2.75) is 37.5 Å². The van der Waals surface area contributed by atoms with E-state index in [1.54, 1.807) is 5.56 Å². The molecule has 39 heavy (non-hydrogen) atoms. The van der Waals surface area contributed by atoms with Crippen molar-refractivity contribution in [3.8, 4) is 22.3 Å². The molecule has 0 heterocycles. The summed E-state index contributed by atoms with van der Waals surface area (Å²) in [5.74, 6) is 3.17. The van der Waals surface area contributed by atoms with E-state index in [1.165, 1.54) is 70.8 Å². The van der Waals surface area contributed by atoms with Crippen molar-refractivity contribution in [2.75, 3.05) is 5.32 Å². The van der Waals surface area contributed by atoms with E-state index in [4.69, 9.17) is 0 Å². The average molecular weight is 504 g/mol. The SMILES string of the molecule is c1ccc2c(-c3ccc(-c4ccc(Nc5ccc(C67C[C@@H]8CC9C[C@@H](C6)C98C7)cc5)cc4)cc3)cccc2c1. The van der Waals surface area contributed by atoms with E-state index in [2.05, 4.69) is 121 Å². The highest BCUT2D eigenvalue weighted by Crippen LogP contribution is 2.84. The second-order valence-corrected chi connectivity index (χ2v) is 12.9. The smallest absolute Gasteiger partial charge is 0.0384 e. The lowest BCUT2D eigenvalue weighted by atomic mass is 9.38. The van der Waals surface area contributed by atoms with Crippen LogP contribution in [0.4, 0.5) is 11.4 Å². The maximum absolute atomic E-state index is 3.63. The Morgan fingerprint density at radius 2 is 1.13 bits per heavy atom. The van der Waals surface area contributed by atoms with Gasteiger partial charge in [-0.15, -0.1) is 0 Å². The number of hydrogen-bond acceptors (Lipinski definition) is 1. The van der Waals surface area contributed by atoms with Crippen LogP contribution in [-0.4, -0.2) is 0 Å². The highest BCUT2D eigenvalue weighted by Gasteiger charge is 2.77. The zero-order chi connectivity index (χ0) is 25.6. The fourth-order valence-electron chi connectivity index (χ4n) is 9.55. The van der Waals surface area contributed by atoms with E-state index in [0.717, 1.165) is 28.9 Å². The average Bonchev–Trinajstić information content (AvgIpc) is 3.47. The Labute approximate surface area is 230 Å². The van der Waals surface area contributed by atoms with Gasteiger partial charge in [0, 0.05) is 11.4 Å². The zero-order valence-electron chi connectivity index (χ0n) is 22.2. The largest absolute Gasteiger partial charge is 0.356 e. The van der Waals surface area contributed by atoms with Gasteiger partial charge in [-0.1, -0.05) is 91.0 Å². The minimum atomic E-state index is 0.490. The van der Waals surface area contributed by atoms with Gasteiger partial charge < -0.3 is 5.32 Å². The molecule has 0 aromatic heterocycles. The molecule has 4 fully saturated rings. The second-order valence-electron chi connectivity index (χ2n) is 12.9. The summed E-state index contributed by atoms with van der Waals surface area (Å²) in [5.41, 5.74) is 10.2. The molecule has 1 heteroatoms. The van der Waals surface area contributed by atoms with E-state index >= 15 is 0 Å². The molecule has 0 unspecified atom stereocenters. The van der Waals surface area contributed by atoms with Crippen LogP contribution in [0.2, 0.25) is 0 Å². The summed E-state index contributed by atoms with van der Waals surface area (Å²) < 4.78 is 0. The van der Waals surface area contributed by atoms with Crippen LogP contribution in [0, 0.1) is 23.2 Å². The minimum Gasteiger partial charge on any atom is -0.356 e. The molecule has 0 saturated heterocycles. The topological polar surface area (TPSA) is 12.0 Å². The normalized spacial score (nSPS) is 29.5.